The Kier molecular flexibility index (Phi) is 6.82. The number of ether oxygens (including phenoxy) is 1. The predicted molar refractivity (Wildman–Crippen MR) is 116 cm³/mol. The molecule has 2 heterocycles. The highest BCUT2D eigenvalue weighted by atomic mass is 32.2. The van der Waals surface area contributed by atoms with E-state index in [1.807, 2.05) is 26.0 Å². The average molecular weight is 469 g/mol. The summed E-state index contributed by atoms with van der Waals surface area (Å²) in [7, 11) is -2.45. The molecule has 32 heavy (non-hydrogen) atoms. The summed E-state index contributed by atoms with van der Waals surface area (Å²) in [5, 5.41) is 2.64. The van der Waals surface area contributed by atoms with E-state index in [1.165, 1.54) is 13.1 Å². The molecule has 1 saturated heterocycles. The molecule has 174 valence electrons. The number of pyridine rings is 1. The first-order chi connectivity index (χ1) is 15.0. The van der Waals surface area contributed by atoms with Crippen molar-refractivity contribution in [2.45, 2.75) is 38.7 Å². The quantitative estimate of drug-likeness (QED) is 0.621. The molecule has 3 rings (SSSR count). The van der Waals surface area contributed by atoms with E-state index in [-0.39, 0.29) is 24.7 Å². The third-order valence-electron chi connectivity index (χ3n) is 5.47. The number of aromatic nitrogens is 1. The van der Waals surface area contributed by atoms with Crippen molar-refractivity contribution in [3.8, 4) is 5.88 Å². The van der Waals surface area contributed by atoms with E-state index in [1.54, 1.807) is 25.1 Å². The van der Waals surface area contributed by atoms with Gasteiger partial charge in [-0.25, -0.2) is 9.71 Å². The van der Waals surface area contributed by atoms with Gasteiger partial charge in [0.05, 0.1) is 0 Å². The number of anilines is 1. The van der Waals surface area contributed by atoms with Crippen LogP contribution >= 0.6 is 0 Å². The molecular formula is C21H26F2N4O4S. The molecule has 1 fully saturated rings. The van der Waals surface area contributed by atoms with Gasteiger partial charge in [-0.1, -0.05) is 38.1 Å². The highest BCUT2D eigenvalue weighted by Crippen LogP contribution is 2.41. The number of benzene rings is 1. The van der Waals surface area contributed by atoms with Crippen molar-refractivity contribution in [1.82, 2.24) is 14.0 Å². The number of amides is 1. The fourth-order valence-electron chi connectivity index (χ4n) is 3.77. The maximum atomic E-state index is 13.6. The highest BCUT2D eigenvalue weighted by Gasteiger charge is 2.55. The topological polar surface area (TPSA) is 101 Å². The van der Waals surface area contributed by atoms with Crippen molar-refractivity contribution in [3.05, 3.63) is 53.2 Å². The van der Waals surface area contributed by atoms with Gasteiger partial charge in [0.2, 0.25) is 11.8 Å². The van der Waals surface area contributed by atoms with E-state index in [2.05, 4.69) is 19.8 Å². The maximum Gasteiger partial charge on any atom is 0.388 e. The van der Waals surface area contributed by atoms with Crippen molar-refractivity contribution in [1.29, 1.82) is 0 Å². The number of nitrogens with zero attached hydrogens (tertiary/aromatic N) is 2. The van der Waals surface area contributed by atoms with Gasteiger partial charge in [-0.15, -0.1) is 0 Å². The molecule has 2 aromatic rings. The number of hydrogen-bond donors (Lipinski definition) is 2. The van der Waals surface area contributed by atoms with Gasteiger partial charge < -0.3 is 10.1 Å². The van der Waals surface area contributed by atoms with Crippen molar-refractivity contribution in [3.63, 3.8) is 0 Å². The number of carbonyl (C=O) groups excluding carboxylic acids is 1. The minimum absolute atomic E-state index is 0.0165. The molecule has 1 aromatic carbocycles. The number of rotatable bonds is 8. The van der Waals surface area contributed by atoms with Gasteiger partial charge in [-0.2, -0.15) is 21.5 Å². The first-order valence-corrected chi connectivity index (χ1v) is 11.5. The van der Waals surface area contributed by atoms with Crippen LogP contribution in [0, 0.1) is 6.92 Å². The van der Waals surface area contributed by atoms with E-state index >= 15 is 0 Å². The van der Waals surface area contributed by atoms with Crippen LogP contribution in [0.15, 0.2) is 36.4 Å². The van der Waals surface area contributed by atoms with Crippen LogP contribution in [0.4, 0.5) is 14.5 Å². The summed E-state index contributed by atoms with van der Waals surface area (Å²) in [5.74, 6) is -0.859. The smallest absolute Gasteiger partial charge is 0.388 e. The monoisotopic (exact) mass is 468 g/mol. The fraction of sp³-hybridized carbons (Fsp3) is 0.429. The van der Waals surface area contributed by atoms with Crippen LogP contribution in [-0.4, -0.2) is 50.4 Å². The van der Waals surface area contributed by atoms with Crippen molar-refractivity contribution in [2.75, 3.05) is 25.5 Å². The number of nitrogens with one attached hydrogen (secondary N) is 2. The van der Waals surface area contributed by atoms with E-state index < -0.39 is 34.0 Å². The SMILES string of the molecule is CNS(=O)(=O)N1CC(C(=O)Nc2ccc(C)nc2OC(F)F)(c2ccccc2C(C)C)C1. The fourth-order valence-corrected chi connectivity index (χ4v) is 4.81. The molecule has 0 spiro atoms. The lowest BCUT2D eigenvalue weighted by molar-refractivity contribution is -0.125. The van der Waals surface area contributed by atoms with E-state index in [4.69, 9.17) is 0 Å². The number of hydrogen-bond acceptors (Lipinski definition) is 5. The first-order valence-electron chi connectivity index (χ1n) is 10.0. The van der Waals surface area contributed by atoms with Crippen LogP contribution in [0.2, 0.25) is 0 Å². The van der Waals surface area contributed by atoms with Crippen LogP contribution in [0.3, 0.4) is 0 Å². The number of aryl methyl sites for hydroxylation is 1. The molecular weight excluding hydrogens is 442 g/mol. The molecule has 0 aliphatic carbocycles. The Morgan fingerprint density at radius 3 is 2.44 bits per heavy atom. The third-order valence-corrected chi connectivity index (χ3v) is 6.93. The zero-order chi connectivity index (χ0) is 23.7. The van der Waals surface area contributed by atoms with Gasteiger partial charge >= 0.3 is 6.61 Å². The van der Waals surface area contributed by atoms with Gasteiger partial charge in [0.25, 0.3) is 10.2 Å². The van der Waals surface area contributed by atoms with Crippen LogP contribution < -0.4 is 14.8 Å². The summed E-state index contributed by atoms with van der Waals surface area (Å²) in [6.07, 6.45) is 0. The third kappa shape index (κ3) is 4.59. The second kappa shape index (κ2) is 9.08. The Labute approximate surface area is 186 Å². The van der Waals surface area contributed by atoms with Gasteiger partial charge in [0, 0.05) is 25.8 Å². The summed E-state index contributed by atoms with van der Waals surface area (Å²) in [6.45, 7) is 2.24. The lowest BCUT2D eigenvalue weighted by Crippen LogP contribution is -2.67. The summed E-state index contributed by atoms with van der Waals surface area (Å²) in [4.78, 5) is 17.5. The zero-order valence-electron chi connectivity index (χ0n) is 18.2. The molecule has 1 amide bonds. The van der Waals surface area contributed by atoms with Crippen molar-refractivity contribution >= 4 is 21.8 Å². The van der Waals surface area contributed by atoms with Crippen LogP contribution in [0.5, 0.6) is 5.88 Å². The molecule has 2 N–H and O–H groups in total. The Balaban J connectivity index is 2.02. The molecule has 8 nitrogen and oxygen atoms in total. The molecule has 0 bridgehead atoms. The van der Waals surface area contributed by atoms with Crippen LogP contribution in [-0.2, 0) is 20.4 Å². The Morgan fingerprint density at radius 1 is 1.19 bits per heavy atom. The Morgan fingerprint density at radius 2 is 1.84 bits per heavy atom. The van der Waals surface area contributed by atoms with Crippen LogP contribution in [0.25, 0.3) is 0 Å². The lowest BCUT2D eigenvalue weighted by Gasteiger charge is -2.48. The molecule has 1 aromatic heterocycles. The second-order valence-electron chi connectivity index (χ2n) is 7.94. The first kappa shape index (κ1) is 24.0. The van der Waals surface area contributed by atoms with Gasteiger partial charge in [0.15, 0.2) is 0 Å². The summed E-state index contributed by atoms with van der Waals surface area (Å²) in [5.41, 5.74) is 0.796. The van der Waals surface area contributed by atoms with Gasteiger partial charge in [-0.05, 0) is 36.1 Å². The number of carbonyl (C=O) groups is 1. The molecule has 0 radical (unpaired) electrons. The molecule has 1 aliphatic heterocycles. The second-order valence-corrected chi connectivity index (χ2v) is 9.81. The predicted octanol–water partition coefficient (Wildman–Crippen LogP) is 2.77. The molecule has 11 heteroatoms. The summed E-state index contributed by atoms with van der Waals surface area (Å²) >= 11 is 0. The highest BCUT2D eigenvalue weighted by molar-refractivity contribution is 7.87. The van der Waals surface area contributed by atoms with Crippen LogP contribution in [0.1, 0.15) is 36.6 Å². The van der Waals surface area contributed by atoms with Crippen molar-refractivity contribution < 1.29 is 26.7 Å². The molecule has 0 unspecified atom stereocenters. The molecule has 0 atom stereocenters. The van der Waals surface area contributed by atoms with Crippen molar-refractivity contribution in [2.24, 2.45) is 0 Å². The van der Waals surface area contributed by atoms with Gasteiger partial charge in [-0.3, -0.25) is 4.79 Å². The standard InChI is InChI=1S/C21H26F2N4O4S/c1-13(2)15-7-5-6-8-16(15)21(11-27(12-21)32(29,30)24-4)19(28)26-17-10-9-14(3)25-18(17)31-20(22)23/h5-10,13,20,24H,11-12H2,1-4H3,(H,26,28). The normalized spacial score (nSPS) is 16.1. The lowest BCUT2D eigenvalue weighted by atomic mass is 9.71. The minimum Gasteiger partial charge on any atom is -0.415 e. The average Bonchev–Trinajstić information content (AvgIpc) is 2.69. The summed E-state index contributed by atoms with van der Waals surface area (Å²) in [6, 6.07) is 10.3. The van der Waals surface area contributed by atoms with E-state index in [0.29, 0.717) is 11.3 Å². The zero-order valence-corrected chi connectivity index (χ0v) is 19.0. The minimum atomic E-state index is -3.74. The van der Waals surface area contributed by atoms with Gasteiger partial charge in [0.1, 0.15) is 11.1 Å². The maximum absolute atomic E-state index is 13.6. The number of halogens is 2. The Hall–Kier alpha value is -2.63. The van der Waals surface area contributed by atoms with E-state index in [9.17, 15) is 22.0 Å². The number of alkyl halides is 2. The molecule has 1 aliphatic rings. The van der Waals surface area contributed by atoms with E-state index in [0.717, 1.165) is 9.87 Å². The Bertz CT molecular complexity index is 1100. The largest absolute Gasteiger partial charge is 0.415 e. The molecule has 0 saturated carbocycles. The summed E-state index contributed by atoms with van der Waals surface area (Å²) < 4.78 is 58.2.